The van der Waals surface area contributed by atoms with Crippen LogP contribution in [0.4, 0.5) is 8.78 Å². The van der Waals surface area contributed by atoms with Crippen LogP contribution in [0, 0.1) is 41.4 Å². The van der Waals surface area contributed by atoms with Gasteiger partial charge in [0.15, 0.2) is 0 Å². The molecule has 0 bridgehead atoms. The van der Waals surface area contributed by atoms with Crippen LogP contribution in [0.5, 0.6) is 0 Å². The lowest BCUT2D eigenvalue weighted by Crippen LogP contribution is -2.39. The summed E-state index contributed by atoms with van der Waals surface area (Å²) in [5, 5.41) is 0. The molecule has 4 aliphatic carbocycles. The Morgan fingerprint density at radius 3 is 1.47 bits per heavy atom. The van der Waals surface area contributed by atoms with Gasteiger partial charge in [-0.1, -0.05) is 51.7 Å². The number of halogens is 2. The largest absolute Gasteiger partial charge is 0.358 e. The van der Waals surface area contributed by atoms with Crippen molar-refractivity contribution in [2.75, 3.05) is 0 Å². The van der Waals surface area contributed by atoms with E-state index in [-0.39, 0.29) is 6.10 Å². The third-order valence-corrected chi connectivity index (χ3v) is 9.73. The Hall–Kier alpha value is -0.440. The highest BCUT2D eigenvalue weighted by Gasteiger charge is 2.45. The molecule has 4 fully saturated rings. The fourth-order valence-corrected chi connectivity index (χ4v) is 7.19. The first-order chi connectivity index (χ1) is 15.4. The molecule has 1 nitrogen and oxygen atoms in total. The minimum absolute atomic E-state index is 0.227. The van der Waals surface area contributed by atoms with E-state index >= 15 is 0 Å². The van der Waals surface area contributed by atoms with Gasteiger partial charge in [-0.3, -0.25) is 0 Å². The lowest BCUT2D eigenvalue weighted by atomic mass is 9.71. The highest BCUT2D eigenvalue weighted by atomic mass is 19.3. The van der Waals surface area contributed by atoms with Gasteiger partial charge < -0.3 is 4.74 Å². The summed E-state index contributed by atoms with van der Waals surface area (Å²) < 4.78 is 35.5. The van der Waals surface area contributed by atoms with Crippen molar-refractivity contribution in [2.24, 2.45) is 41.4 Å². The normalized spacial score (nSPS) is 42.2. The molecule has 4 rings (SSSR count). The van der Waals surface area contributed by atoms with Gasteiger partial charge in [-0.15, -0.1) is 0 Å². The summed E-state index contributed by atoms with van der Waals surface area (Å²) in [5.74, 6) is 3.99. The van der Waals surface area contributed by atoms with Crippen LogP contribution in [0.1, 0.15) is 117 Å². The molecular formula is C29H48F2O. The summed E-state index contributed by atoms with van der Waals surface area (Å²) in [6, 6.07) is 0. The lowest BCUT2D eigenvalue weighted by molar-refractivity contribution is -0.301. The molecule has 0 amide bonds. The average molecular weight is 451 g/mol. The summed E-state index contributed by atoms with van der Waals surface area (Å²) >= 11 is 0. The Kier molecular flexibility index (Phi) is 8.73. The SMILES string of the molecule is CC1CCC(/C=C/C2CCC(C(F)(F)OC3CCC(C4CCC(C)CC4)CC3)CC2)CC1. The van der Waals surface area contributed by atoms with Crippen LogP contribution in [0.3, 0.4) is 0 Å². The molecule has 4 saturated carbocycles. The molecule has 0 aliphatic heterocycles. The van der Waals surface area contributed by atoms with E-state index in [1.165, 1.54) is 51.4 Å². The molecule has 0 spiro atoms. The number of hydrogen-bond donors (Lipinski definition) is 0. The number of rotatable bonds is 6. The van der Waals surface area contributed by atoms with Crippen LogP contribution in [0.15, 0.2) is 12.2 Å². The van der Waals surface area contributed by atoms with Crippen molar-refractivity contribution < 1.29 is 13.5 Å². The molecule has 0 heterocycles. The molecule has 0 N–H and O–H groups in total. The van der Waals surface area contributed by atoms with Crippen molar-refractivity contribution in [3.63, 3.8) is 0 Å². The molecule has 0 unspecified atom stereocenters. The molecule has 0 aromatic rings. The second kappa shape index (κ2) is 11.3. The molecule has 0 aromatic heterocycles. The predicted molar refractivity (Wildman–Crippen MR) is 129 cm³/mol. The molecule has 0 saturated heterocycles. The maximum Gasteiger partial charge on any atom is 0.358 e. The first-order valence-corrected chi connectivity index (χ1v) is 14.1. The monoisotopic (exact) mass is 450 g/mol. The Labute approximate surface area is 196 Å². The van der Waals surface area contributed by atoms with E-state index in [0.29, 0.717) is 18.8 Å². The third-order valence-electron chi connectivity index (χ3n) is 9.73. The van der Waals surface area contributed by atoms with E-state index in [1.54, 1.807) is 0 Å². The minimum Gasteiger partial charge on any atom is -0.317 e. The maximum absolute atomic E-state index is 15.0. The van der Waals surface area contributed by atoms with Crippen LogP contribution in [0.2, 0.25) is 0 Å². The number of alkyl halides is 2. The zero-order valence-corrected chi connectivity index (χ0v) is 20.8. The van der Waals surface area contributed by atoms with E-state index in [2.05, 4.69) is 26.0 Å². The smallest absolute Gasteiger partial charge is 0.317 e. The van der Waals surface area contributed by atoms with E-state index < -0.39 is 12.0 Å². The van der Waals surface area contributed by atoms with E-state index in [4.69, 9.17) is 4.74 Å². The van der Waals surface area contributed by atoms with E-state index in [0.717, 1.165) is 68.1 Å². The summed E-state index contributed by atoms with van der Waals surface area (Å²) in [6.45, 7) is 4.72. The van der Waals surface area contributed by atoms with Crippen LogP contribution in [-0.2, 0) is 4.74 Å². The Balaban J connectivity index is 1.16. The number of allylic oxidation sites excluding steroid dienone is 2. The zero-order valence-electron chi connectivity index (χ0n) is 20.8. The van der Waals surface area contributed by atoms with Crippen molar-refractivity contribution in [3.05, 3.63) is 12.2 Å². The molecule has 0 aromatic carbocycles. The lowest BCUT2D eigenvalue weighted by Gasteiger charge is -2.39. The average Bonchev–Trinajstić information content (AvgIpc) is 2.80. The van der Waals surface area contributed by atoms with Crippen LogP contribution >= 0.6 is 0 Å². The summed E-state index contributed by atoms with van der Waals surface area (Å²) in [7, 11) is 0. The Morgan fingerprint density at radius 2 is 0.969 bits per heavy atom. The quantitative estimate of drug-likeness (QED) is 0.366. The Bertz CT molecular complexity index is 570. The number of hydrogen-bond acceptors (Lipinski definition) is 1. The zero-order chi connectivity index (χ0) is 22.6. The van der Waals surface area contributed by atoms with Crippen molar-refractivity contribution in [1.29, 1.82) is 0 Å². The van der Waals surface area contributed by atoms with Gasteiger partial charge in [0.1, 0.15) is 0 Å². The minimum atomic E-state index is -2.94. The van der Waals surface area contributed by atoms with Gasteiger partial charge in [0.05, 0.1) is 12.0 Å². The molecule has 3 heteroatoms. The van der Waals surface area contributed by atoms with Crippen molar-refractivity contribution >= 4 is 0 Å². The molecular weight excluding hydrogens is 402 g/mol. The van der Waals surface area contributed by atoms with Gasteiger partial charge >= 0.3 is 6.11 Å². The summed E-state index contributed by atoms with van der Waals surface area (Å²) in [4.78, 5) is 0. The first-order valence-electron chi connectivity index (χ1n) is 14.1. The van der Waals surface area contributed by atoms with Gasteiger partial charge in [0, 0.05) is 0 Å². The first kappa shape index (κ1) is 24.7. The van der Waals surface area contributed by atoms with Crippen LogP contribution < -0.4 is 0 Å². The third kappa shape index (κ3) is 6.80. The predicted octanol–water partition coefficient (Wildman–Crippen LogP) is 9.17. The number of ether oxygens (including phenoxy) is 1. The summed E-state index contributed by atoms with van der Waals surface area (Å²) in [5.41, 5.74) is 0. The maximum atomic E-state index is 15.0. The van der Waals surface area contributed by atoms with Crippen molar-refractivity contribution in [1.82, 2.24) is 0 Å². The highest BCUT2D eigenvalue weighted by Crippen LogP contribution is 2.44. The highest BCUT2D eigenvalue weighted by molar-refractivity contribution is 4.96. The van der Waals surface area contributed by atoms with Crippen LogP contribution in [0.25, 0.3) is 0 Å². The van der Waals surface area contributed by atoms with Gasteiger partial charge in [-0.05, 0) is 113 Å². The fraction of sp³-hybridized carbons (Fsp3) is 0.931. The second-order valence-corrected chi connectivity index (χ2v) is 12.3. The van der Waals surface area contributed by atoms with Gasteiger partial charge in [0.25, 0.3) is 0 Å². The Morgan fingerprint density at radius 1 is 0.562 bits per heavy atom. The van der Waals surface area contributed by atoms with Crippen molar-refractivity contribution in [3.8, 4) is 0 Å². The molecule has 184 valence electrons. The molecule has 32 heavy (non-hydrogen) atoms. The second-order valence-electron chi connectivity index (χ2n) is 12.3. The molecule has 4 aliphatic rings. The van der Waals surface area contributed by atoms with Gasteiger partial charge in [0.2, 0.25) is 0 Å². The van der Waals surface area contributed by atoms with Crippen LogP contribution in [-0.4, -0.2) is 12.2 Å². The standard InChI is InChI=1S/C29H48F2O/c1-21-3-7-23(8-4-21)9-10-24-11-17-27(18-12-24)29(30,31)32-28-19-15-26(16-20-28)25-13-5-22(2)6-14-25/h9-10,21-28H,3-8,11-20H2,1-2H3/b10-9+. The summed E-state index contributed by atoms with van der Waals surface area (Å²) in [6.07, 6.45) is 19.2. The van der Waals surface area contributed by atoms with Crippen molar-refractivity contribution in [2.45, 2.75) is 129 Å². The van der Waals surface area contributed by atoms with E-state index in [1.807, 2.05) is 0 Å². The van der Waals surface area contributed by atoms with E-state index in [9.17, 15) is 8.78 Å². The topological polar surface area (TPSA) is 9.23 Å². The fourth-order valence-electron chi connectivity index (χ4n) is 7.19. The van der Waals surface area contributed by atoms with Gasteiger partial charge in [-0.2, -0.15) is 8.78 Å². The molecule has 0 atom stereocenters. The van der Waals surface area contributed by atoms with Gasteiger partial charge in [-0.25, -0.2) is 0 Å². The molecule has 0 radical (unpaired) electrons.